The first-order valence-corrected chi connectivity index (χ1v) is 9.06. The molecule has 2 unspecified atom stereocenters. The summed E-state index contributed by atoms with van der Waals surface area (Å²) in [4.78, 5) is 25.0. The molecular formula is C16H19N5O5S. The fourth-order valence-electron chi connectivity index (χ4n) is 2.63. The number of hydrogen-bond donors (Lipinski definition) is 1. The van der Waals surface area contributed by atoms with Gasteiger partial charge in [-0.15, -0.1) is 10.2 Å². The largest absolute Gasteiger partial charge is 0.483 e. The lowest BCUT2D eigenvalue weighted by Crippen LogP contribution is -2.34. The summed E-state index contributed by atoms with van der Waals surface area (Å²) in [5.41, 5.74) is -0.0210. The van der Waals surface area contributed by atoms with E-state index < -0.39 is 17.3 Å². The molecule has 0 aliphatic carbocycles. The Kier molecular flexibility index (Phi) is 5.24. The highest BCUT2D eigenvalue weighted by Gasteiger charge is 2.38. The number of urea groups is 1. The van der Waals surface area contributed by atoms with Crippen LogP contribution in [-0.2, 0) is 0 Å². The fraction of sp³-hybridized carbons (Fsp3) is 0.438. The number of carbonyl (C=O) groups is 1. The number of aliphatic hydroxyl groups is 1. The van der Waals surface area contributed by atoms with Crippen LogP contribution in [0, 0.1) is 16.0 Å². The zero-order valence-electron chi connectivity index (χ0n) is 15.0. The number of nitro groups is 1. The number of hydrogen-bond acceptors (Lipinski definition) is 8. The van der Waals surface area contributed by atoms with Gasteiger partial charge in [-0.05, 0) is 18.1 Å². The summed E-state index contributed by atoms with van der Waals surface area (Å²) in [6, 6.07) is 5.44. The molecule has 2 aromatic rings. The first kappa shape index (κ1) is 19.0. The van der Waals surface area contributed by atoms with Crippen LogP contribution in [0.5, 0.6) is 5.75 Å². The van der Waals surface area contributed by atoms with Crippen LogP contribution in [0.1, 0.15) is 25.0 Å². The highest BCUT2D eigenvalue weighted by Crippen LogP contribution is 2.35. The first-order chi connectivity index (χ1) is 12.8. The normalized spacial score (nSPS) is 18.3. The van der Waals surface area contributed by atoms with E-state index in [0.29, 0.717) is 15.9 Å². The number of rotatable bonds is 6. The molecule has 2 heterocycles. The number of likely N-dealkylation sites (N-methyl/N-ethyl adjacent to an activating group) is 1. The molecular weight excluding hydrogens is 374 g/mol. The summed E-state index contributed by atoms with van der Waals surface area (Å²) in [7, 11) is 1.60. The summed E-state index contributed by atoms with van der Waals surface area (Å²) < 4.78 is 5.96. The second kappa shape index (κ2) is 7.45. The van der Waals surface area contributed by atoms with Crippen molar-refractivity contribution >= 4 is 28.2 Å². The number of carbonyl (C=O) groups excluding carboxylic acids is 1. The summed E-state index contributed by atoms with van der Waals surface area (Å²) in [6.07, 6.45) is -1.43. The Balaban J connectivity index is 1.81. The van der Waals surface area contributed by atoms with Crippen LogP contribution >= 0.6 is 11.3 Å². The van der Waals surface area contributed by atoms with Crippen molar-refractivity contribution in [1.29, 1.82) is 0 Å². The number of aromatic nitrogens is 2. The van der Waals surface area contributed by atoms with E-state index in [1.165, 1.54) is 45.4 Å². The molecule has 1 aliphatic heterocycles. The molecule has 1 aromatic carbocycles. The van der Waals surface area contributed by atoms with Gasteiger partial charge in [-0.25, -0.2) is 9.69 Å². The average molecular weight is 393 g/mol. The van der Waals surface area contributed by atoms with E-state index in [1.807, 2.05) is 13.8 Å². The summed E-state index contributed by atoms with van der Waals surface area (Å²) in [5.74, 6) is 0.496. The molecule has 1 aliphatic rings. The molecule has 144 valence electrons. The van der Waals surface area contributed by atoms with Crippen molar-refractivity contribution in [2.75, 3.05) is 18.5 Å². The number of nitrogens with zero attached hydrogens (tertiary/aromatic N) is 5. The highest BCUT2D eigenvalue weighted by atomic mass is 32.1. The van der Waals surface area contributed by atoms with Crippen molar-refractivity contribution in [3.8, 4) is 5.75 Å². The van der Waals surface area contributed by atoms with Crippen molar-refractivity contribution in [3.63, 3.8) is 0 Å². The van der Waals surface area contributed by atoms with E-state index in [4.69, 9.17) is 4.74 Å². The van der Waals surface area contributed by atoms with E-state index in [2.05, 4.69) is 10.2 Å². The van der Waals surface area contributed by atoms with Crippen LogP contribution in [0.3, 0.4) is 0 Å². The predicted molar refractivity (Wildman–Crippen MR) is 97.7 cm³/mol. The molecule has 0 spiro atoms. The van der Waals surface area contributed by atoms with Crippen molar-refractivity contribution in [1.82, 2.24) is 15.1 Å². The lowest BCUT2D eigenvalue weighted by molar-refractivity contribution is -0.384. The molecule has 3 rings (SSSR count). The van der Waals surface area contributed by atoms with Gasteiger partial charge in [0.1, 0.15) is 5.75 Å². The maximum atomic E-state index is 12.2. The third-order valence-electron chi connectivity index (χ3n) is 4.06. The lowest BCUT2D eigenvalue weighted by Gasteiger charge is -2.20. The minimum absolute atomic E-state index is 0.0210. The Bertz CT molecular complexity index is 840. The van der Waals surface area contributed by atoms with Gasteiger partial charge in [-0.2, -0.15) is 0 Å². The summed E-state index contributed by atoms with van der Waals surface area (Å²) in [5, 5.41) is 29.8. The molecule has 2 atom stereocenters. The number of non-ortho nitro benzene ring substituents is 1. The first-order valence-electron chi connectivity index (χ1n) is 8.25. The number of anilines is 1. The average Bonchev–Trinajstić information content (AvgIpc) is 3.17. The van der Waals surface area contributed by atoms with Crippen LogP contribution in [0.15, 0.2) is 24.3 Å². The van der Waals surface area contributed by atoms with E-state index in [9.17, 15) is 20.0 Å². The molecule has 1 N–H and O–H groups in total. The Labute approximate surface area is 159 Å². The number of amides is 2. The maximum Gasteiger partial charge on any atom is 0.328 e. The Morgan fingerprint density at radius 2 is 2.00 bits per heavy atom. The van der Waals surface area contributed by atoms with Crippen LogP contribution in [-0.4, -0.2) is 51.0 Å². The van der Waals surface area contributed by atoms with Gasteiger partial charge in [0, 0.05) is 19.2 Å². The van der Waals surface area contributed by atoms with Crippen LogP contribution in [0.4, 0.5) is 15.6 Å². The molecule has 1 aromatic heterocycles. The van der Waals surface area contributed by atoms with Gasteiger partial charge >= 0.3 is 6.03 Å². The molecule has 27 heavy (non-hydrogen) atoms. The van der Waals surface area contributed by atoms with Gasteiger partial charge in [0.15, 0.2) is 17.3 Å². The van der Waals surface area contributed by atoms with Gasteiger partial charge in [0.25, 0.3) is 5.69 Å². The van der Waals surface area contributed by atoms with Crippen molar-refractivity contribution in [3.05, 3.63) is 39.4 Å². The SMILES string of the molecule is CC(C)C(Oc1ccc([N+](=O)[O-])cc1)c1nnc(N2C(=O)N(C)CC2O)s1. The molecule has 1 fully saturated rings. The van der Waals surface area contributed by atoms with Crippen molar-refractivity contribution in [2.45, 2.75) is 26.2 Å². The van der Waals surface area contributed by atoms with E-state index >= 15 is 0 Å². The number of β-amino-alcohol motifs (C(OH)–C–C–N with tert-alkyl or cyclic N) is 1. The Morgan fingerprint density at radius 3 is 2.52 bits per heavy atom. The third kappa shape index (κ3) is 3.83. The van der Waals surface area contributed by atoms with Gasteiger partial charge in [-0.3, -0.25) is 10.1 Å². The second-order valence-corrected chi connectivity index (χ2v) is 7.46. The Morgan fingerprint density at radius 1 is 1.33 bits per heavy atom. The van der Waals surface area contributed by atoms with Gasteiger partial charge < -0.3 is 14.7 Å². The van der Waals surface area contributed by atoms with Gasteiger partial charge in [0.2, 0.25) is 5.13 Å². The summed E-state index contributed by atoms with van der Waals surface area (Å²) in [6.45, 7) is 4.09. The highest BCUT2D eigenvalue weighted by molar-refractivity contribution is 7.15. The number of aliphatic hydroxyl groups excluding tert-OH is 1. The quantitative estimate of drug-likeness (QED) is 0.591. The molecule has 10 nitrogen and oxygen atoms in total. The minimum atomic E-state index is -0.976. The molecule has 0 bridgehead atoms. The van der Waals surface area contributed by atoms with E-state index in [0.717, 1.165) is 0 Å². The molecule has 1 saturated heterocycles. The van der Waals surface area contributed by atoms with Crippen LogP contribution in [0.2, 0.25) is 0 Å². The van der Waals surface area contributed by atoms with E-state index in [1.54, 1.807) is 7.05 Å². The standard InChI is InChI=1S/C16H19N5O5S/c1-9(2)13(26-11-6-4-10(5-7-11)21(24)25)14-17-18-15(27-14)20-12(22)8-19(3)16(20)23/h4-7,9,12-13,22H,8H2,1-3H3. The topological polar surface area (TPSA) is 122 Å². The molecule has 11 heteroatoms. The zero-order valence-corrected chi connectivity index (χ0v) is 15.8. The van der Waals surface area contributed by atoms with Crippen molar-refractivity contribution < 1.29 is 19.6 Å². The molecule has 0 saturated carbocycles. The predicted octanol–water partition coefficient (Wildman–Crippen LogP) is 2.41. The fourth-order valence-corrected chi connectivity index (χ4v) is 3.71. The number of ether oxygens (including phenoxy) is 1. The van der Waals surface area contributed by atoms with Crippen molar-refractivity contribution in [2.24, 2.45) is 5.92 Å². The third-order valence-corrected chi connectivity index (χ3v) is 5.05. The lowest BCUT2D eigenvalue weighted by atomic mass is 10.1. The van der Waals surface area contributed by atoms with E-state index in [-0.39, 0.29) is 24.2 Å². The monoisotopic (exact) mass is 393 g/mol. The van der Waals surface area contributed by atoms with Crippen LogP contribution < -0.4 is 9.64 Å². The molecule has 2 amide bonds. The maximum absolute atomic E-state index is 12.2. The molecule has 0 radical (unpaired) electrons. The smallest absolute Gasteiger partial charge is 0.328 e. The zero-order chi connectivity index (χ0) is 19.7. The number of benzene rings is 1. The Hall–Kier alpha value is -2.79. The van der Waals surface area contributed by atoms with Gasteiger partial charge in [0.05, 0.1) is 11.5 Å². The van der Waals surface area contributed by atoms with Crippen LogP contribution in [0.25, 0.3) is 0 Å². The van der Waals surface area contributed by atoms with Gasteiger partial charge in [-0.1, -0.05) is 25.2 Å². The number of nitro benzene ring substituents is 1. The second-order valence-electron chi connectivity index (χ2n) is 6.47. The minimum Gasteiger partial charge on any atom is -0.483 e. The summed E-state index contributed by atoms with van der Waals surface area (Å²) >= 11 is 1.17.